The van der Waals surface area contributed by atoms with E-state index in [-0.39, 0.29) is 5.56 Å². The third kappa shape index (κ3) is 4.69. The molecule has 164 valence electrons. The smallest absolute Gasteiger partial charge is 0.262 e. The van der Waals surface area contributed by atoms with Crippen molar-refractivity contribution in [3.8, 4) is 11.4 Å². The van der Waals surface area contributed by atoms with Crippen molar-refractivity contribution in [1.82, 2.24) is 19.7 Å². The Labute approximate surface area is 199 Å². The molecule has 0 aliphatic carbocycles. The van der Waals surface area contributed by atoms with E-state index < -0.39 is 0 Å². The molecule has 5 aromatic rings. The zero-order valence-corrected chi connectivity index (χ0v) is 19.3. The van der Waals surface area contributed by atoms with Gasteiger partial charge in [-0.05, 0) is 36.8 Å². The van der Waals surface area contributed by atoms with Crippen LogP contribution in [-0.4, -0.2) is 19.7 Å². The number of hydrogen-bond acceptors (Lipinski definition) is 6. The summed E-state index contributed by atoms with van der Waals surface area (Å²) in [6.07, 6.45) is 0. The number of nitrogens with zero attached hydrogens (tertiary/aromatic N) is 4. The second-order valence-electron chi connectivity index (χ2n) is 7.60. The molecule has 0 saturated heterocycles. The molecule has 0 bridgehead atoms. The third-order valence-electron chi connectivity index (χ3n) is 5.16. The summed E-state index contributed by atoms with van der Waals surface area (Å²) >= 11 is 7.46. The average Bonchev–Trinajstić information content (AvgIpc) is 3.30. The first-order valence-electron chi connectivity index (χ1n) is 10.3. The topological polar surface area (TPSA) is 73.8 Å². The molecule has 2 heterocycles. The summed E-state index contributed by atoms with van der Waals surface area (Å²) in [5, 5.41) is 5.86. The molecular weight excluding hydrogens is 456 g/mol. The van der Waals surface area contributed by atoms with Crippen LogP contribution in [0, 0.1) is 6.92 Å². The van der Waals surface area contributed by atoms with Gasteiger partial charge in [0.15, 0.2) is 5.16 Å². The van der Waals surface area contributed by atoms with Gasteiger partial charge in [0.2, 0.25) is 11.7 Å². The molecule has 0 aliphatic heterocycles. The molecule has 0 spiro atoms. The molecule has 6 nitrogen and oxygen atoms in total. The van der Waals surface area contributed by atoms with Gasteiger partial charge in [0.25, 0.3) is 5.56 Å². The third-order valence-corrected chi connectivity index (χ3v) is 6.36. The van der Waals surface area contributed by atoms with Crippen LogP contribution in [0.5, 0.6) is 0 Å². The summed E-state index contributed by atoms with van der Waals surface area (Å²) in [4.78, 5) is 22.5. The molecule has 0 N–H and O–H groups in total. The largest absolute Gasteiger partial charge is 0.338 e. The fraction of sp³-hybridized carbons (Fsp3) is 0.120. The van der Waals surface area contributed by atoms with Gasteiger partial charge in [-0.2, -0.15) is 4.98 Å². The fourth-order valence-corrected chi connectivity index (χ4v) is 4.48. The van der Waals surface area contributed by atoms with Gasteiger partial charge in [-0.15, -0.1) is 0 Å². The average molecular weight is 475 g/mol. The lowest BCUT2D eigenvalue weighted by molar-refractivity contribution is 0.391. The zero-order valence-electron chi connectivity index (χ0n) is 17.7. The second-order valence-corrected chi connectivity index (χ2v) is 8.98. The van der Waals surface area contributed by atoms with Crippen LogP contribution in [-0.2, 0) is 12.3 Å². The Morgan fingerprint density at radius 3 is 2.64 bits per heavy atom. The van der Waals surface area contributed by atoms with E-state index >= 15 is 0 Å². The molecule has 0 atom stereocenters. The quantitative estimate of drug-likeness (QED) is 0.230. The second kappa shape index (κ2) is 9.21. The van der Waals surface area contributed by atoms with Gasteiger partial charge >= 0.3 is 0 Å². The summed E-state index contributed by atoms with van der Waals surface area (Å²) < 4.78 is 7.13. The Bertz CT molecular complexity index is 1490. The first-order valence-corrected chi connectivity index (χ1v) is 11.7. The monoisotopic (exact) mass is 474 g/mol. The van der Waals surface area contributed by atoms with E-state index in [0.29, 0.717) is 45.1 Å². The molecule has 0 saturated carbocycles. The summed E-state index contributed by atoms with van der Waals surface area (Å²) in [6, 6.07) is 22.8. The Morgan fingerprint density at radius 2 is 1.82 bits per heavy atom. The highest BCUT2D eigenvalue weighted by atomic mass is 35.5. The Morgan fingerprint density at radius 1 is 1.00 bits per heavy atom. The molecule has 0 unspecified atom stereocenters. The molecule has 0 amide bonds. The van der Waals surface area contributed by atoms with E-state index in [9.17, 15) is 4.79 Å². The van der Waals surface area contributed by atoms with E-state index in [4.69, 9.17) is 21.1 Å². The van der Waals surface area contributed by atoms with Crippen LogP contribution in [0.4, 0.5) is 0 Å². The highest BCUT2D eigenvalue weighted by Gasteiger charge is 2.15. The predicted octanol–water partition coefficient (Wildman–Crippen LogP) is 5.75. The number of thioether (sulfide) groups is 1. The van der Waals surface area contributed by atoms with Crippen molar-refractivity contribution in [3.63, 3.8) is 0 Å². The van der Waals surface area contributed by atoms with Gasteiger partial charge in [-0.25, -0.2) is 4.98 Å². The van der Waals surface area contributed by atoms with Crippen molar-refractivity contribution in [2.75, 3.05) is 0 Å². The van der Waals surface area contributed by atoms with E-state index in [1.165, 1.54) is 17.3 Å². The zero-order chi connectivity index (χ0) is 22.8. The van der Waals surface area contributed by atoms with Crippen molar-refractivity contribution in [2.24, 2.45) is 0 Å². The molecule has 3 aromatic carbocycles. The van der Waals surface area contributed by atoms with Crippen LogP contribution >= 0.6 is 23.4 Å². The molecule has 0 fully saturated rings. The molecule has 33 heavy (non-hydrogen) atoms. The van der Waals surface area contributed by atoms with Crippen molar-refractivity contribution < 1.29 is 4.52 Å². The van der Waals surface area contributed by atoms with Crippen molar-refractivity contribution in [3.05, 3.63) is 105 Å². The van der Waals surface area contributed by atoms with Gasteiger partial charge in [-0.3, -0.25) is 9.36 Å². The van der Waals surface area contributed by atoms with Gasteiger partial charge in [0.05, 0.1) is 23.2 Å². The van der Waals surface area contributed by atoms with Crippen LogP contribution in [0.2, 0.25) is 5.02 Å². The summed E-state index contributed by atoms with van der Waals surface area (Å²) in [5.74, 6) is 1.29. The molecule has 0 aliphatic rings. The van der Waals surface area contributed by atoms with E-state index in [0.717, 1.165) is 11.1 Å². The number of halogens is 1. The maximum Gasteiger partial charge on any atom is 0.262 e. The molecule has 8 heteroatoms. The highest BCUT2D eigenvalue weighted by molar-refractivity contribution is 7.98. The number of aryl methyl sites for hydroxylation is 1. The first kappa shape index (κ1) is 21.4. The lowest BCUT2D eigenvalue weighted by Gasteiger charge is -2.13. The number of benzene rings is 3. The summed E-state index contributed by atoms with van der Waals surface area (Å²) in [6.45, 7) is 2.47. The summed E-state index contributed by atoms with van der Waals surface area (Å²) in [7, 11) is 0. The normalized spacial score (nSPS) is 11.2. The maximum atomic E-state index is 13.3. The molecule has 0 radical (unpaired) electrons. The van der Waals surface area contributed by atoms with Crippen molar-refractivity contribution in [1.29, 1.82) is 0 Å². The standard InChI is InChI=1S/C25H19ClN4O2S/c1-16-9-11-17(12-10-16)14-30-24(31)20-7-2-3-8-21(20)27-25(30)33-15-22-28-23(29-32-22)18-5-4-6-19(26)13-18/h2-13H,14-15H2,1H3. The fourth-order valence-electron chi connectivity index (χ4n) is 3.46. The number of fused-ring (bicyclic) bond motifs is 1. The van der Waals surface area contributed by atoms with Crippen molar-refractivity contribution in [2.45, 2.75) is 24.4 Å². The van der Waals surface area contributed by atoms with E-state index in [2.05, 4.69) is 10.1 Å². The van der Waals surface area contributed by atoms with Crippen LogP contribution in [0.15, 0.2) is 87.3 Å². The van der Waals surface area contributed by atoms with Crippen LogP contribution in [0.1, 0.15) is 17.0 Å². The maximum absolute atomic E-state index is 13.3. The van der Waals surface area contributed by atoms with Crippen LogP contribution in [0.3, 0.4) is 0 Å². The summed E-state index contributed by atoms with van der Waals surface area (Å²) in [5.41, 5.74) is 3.57. The Hall–Kier alpha value is -3.42. The van der Waals surface area contributed by atoms with E-state index in [1.54, 1.807) is 22.8 Å². The first-order chi connectivity index (χ1) is 16.1. The number of para-hydroxylation sites is 1. The highest BCUT2D eigenvalue weighted by Crippen LogP contribution is 2.25. The Kier molecular flexibility index (Phi) is 5.98. The van der Waals surface area contributed by atoms with Gasteiger partial charge < -0.3 is 4.52 Å². The predicted molar refractivity (Wildman–Crippen MR) is 131 cm³/mol. The number of rotatable bonds is 6. The van der Waals surface area contributed by atoms with Gasteiger partial charge in [0, 0.05) is 10.6 Å². The lowest BCUT2D eigenvalue weighted by Crippen LogP contribution is -2.24. The minimum Gasteiger partial charge on any atom is -0.338 e. The molecule has 5 rings (SSSR count). The number of hydrogen-bond donors (Lipinski definition) is 0. The minimum absolute atomic E-state index is 0.0752. The molecular formula is C25H19ClN4O2S. The SMILES string of the molecule is Cc1ccc(Cn2c(SCc3nc(-c4cccc(Cl)c4)no3)nc3ccccc3c2=O)cc1. The van der Waals surface area contributed by atoms with Crippen molar-refractivity contribution >= 4 is 34.3 Å². The number of aromatic nitrogens is 4. The van der Waals surface area contributed by atoms with E-state index in [1.807, 2.05) is 61.5 Å². The van der Waals surface area contributed by atoms with Gasteiger partial charge in [-0.1, -0.05) is 82.6 Å². The Balaban J connectivity index is 1.46. The lowest BCUT2D eigenvalue weighted by atomic mass is 10.1. The minimum atomic E-state index is -0.0752. The van der Waals surface area contributed by atoms with Crippen LogP contribution in [0.25, 0.3) is 22.3 Å². The van der Waals surface area contributed by atoms with Crippen LogP contribution < -0.4 is 5.56 Å². The van der Waals surface area contributed by atoms with Gasteiger partial charge in [0.1, 0.15) is 0 Å². The molecule has 2 aromatic heterocycles.